The maximum Gasteiger partial charge on any atom is 0.326 e. The van der Waals surface area contributed by atoms with E-state index in [-0.39, 0.29) is 16.5 Å². The summed E-state index contributed by atoms with van der Waals surface area (Å²) in [5, 5.41) is 22.7. The van der Waals surface area contributed by atoms with Crippen molar-refractivity contribution in [2.45, 2.75) is 24.8 Å². The van der Waals surface area contributed by atoms with E-state index in [1.165, 1.54) is 12.1 Å². The number of nitrogens with zero attached hydrogens (tertiary/aromatic N) is 1. The standard InChI is InChI=1S/C12H16N2O6S/c1-7(2)11(12(15)16)13-9-5-4-8(21(3,19)20)6-10(9)14(17)18/h4-7,11,13H,1-3H3,(H,15,16)/t11-/m1/s1. The second kappa shape index (κ2) is 6.08. The zero-order valence-corrected chi connectivity index (χ0v) is 12.5. The molecule has 0 radical (unpaired) electrons. The normalized spacial score (nSPS) is 13.0. The first kappa shape index (κ1) is 16.9. The lowest BCUT2D eigenvalue weighted by molar-refractivity contribution is -0.384. The van der Waals surface area contributed by atoms with Gasteiger partial charge in [0.05, 0.1) is 9.82 Å². The molecule has 1 aromatic rings. The third-order valence-corrected chi connectivity index (χ3v) is 3.95. The summed E-state index contributed by atoms with van der Waals surface area (Å²) in [5.74, 6) is -1.46. The van der Waals surface area contributed by atoms with Crippen LogP contribution in [0.15, 0.2) is 23.1 Å². The molecule has 0 saturated heterocycles. The van der Waals surface area contributed by atoms with Gasteiger partial charge in [0.25, 0.3) is 5.69 Å². The van der Waals surface area contributed by atoms with Crippen LogP contribution in [0.25, 0.3) is 0 Å². The van der Waals surface area contributed by atoms with Gasteiger partial charge in [-0.2, -0.15) is 0 Å². The lowest BCUT2D eigenvalue weighted by atomic mass is 10.0. The van der Waals surface area contributed by atoms with Crippen LogP contribution < -0.4 is 5.32 Å². The van der Waals surface area contributed by atoms with E-state index in [0.717, 1.165) is 12.3 Å². The summed E-state index contributed by atoms with van der Waals surface area (Å²) in [6, 6.07) is 2.29. The van der Waals surface area contributed by atoms with Gasteiger partial charge < -0.3 is 10.4 Å². The molecule has 9 heteroatoms. The predicted octanol–water partition coefficient (Wildman–Crippen LogP) is 1.52. The molecule has 0 amide bonds. The van der Waals surface area contributed by atoms with Gasteiger partial charge in [-0.3, -0.25) is 10.1 Å². The van der Waals surface area contributed by atoms with Crippen LogP contribution in [0.1, 0.15) is 13.8 Å². The van der Waals surface area contributed by atoms with E-state index >= 15 is 0 Å². The first-order chi connectivity index (χ1) is 9.54. The summed E-state index contributed by atoms with van der Waals surface area (Å²) >= 11 is 0. The molecule has 0 spiro atoms. The minimum atomic E-state index is -3.59. The number of nitrogens with one attached hydrogen (secondary N) is 1. The highest BCUT2D eigenvalue weighted by atomic mass is 32.2. The topological polar surface area (TPSA) is 127 Å². The van der Waals surface area contributed by atoms with Crippen LogP contribution in [-0.4, -0.2) is 36.7 Å². The Bertz CT molecular complexity index is 668. The van der Waals surface area contributed by atoms with Crippen LogP contribution in [0.5, 0.6) is 0 Å². The van der Waals surface area contributed by atoms with Gasteiger partial charge in [0, 0.05) is 12.3 Å². The Balaban J connectivity index is 3.31. The Labute approximate surface area is 121 Å². The van der Waals surface area contributed by atoms with Crippen LogP contribution >= 0.6 is 0 Å². The molecular weight excluding hydrogens is 300 g/mol. The highest BCUT2D eigenvalue weighted by Crippen LogP contribution is 2.29. The number of aliphatic carboxylic acids is 1. The van der Waals surface area contributed by atoms with Gasteiger partial charge in [-0.1, -0.05) is 13.8 Å². The SMILES string of the molecule is CC(C)[C@@H](Nc1ccc(S(C)(=O)=O)cc1[N+](=O)[O-])C(=O)O. The molecule has 116 valence electrons. The monoisotopic (exact) mass is 316 g/mol. The average molecular weight is 316 g/mol. The third-order valence-electron chi connectivity index (χ3n) is 2.84. The number of nitro groups is 1. The molecule has 0 bridgehead atoms. The number of benzene rings is 1. The maximum atomic E-state index is 11.4. The summed E-state index contributed by atoms with van der Waals surface area (Å²) in [7, 11) is -3.59. The highest BCUT2D eigenvalue weighted by molar-refractivity contribution is 7.90. The fourth-order valence-electron chi connectivity index (χ4n) is 1.70. The van der Waals surface area contributed by atoms with E-state index in [4.69, 9.17) is 5.11 Å². The zero-order valence-electron chi connectivity index (χ0n) is 11.7. The lowest BCUT2D eigenvalue weighted by Crippen LogP contribution is -2.34. The molecule has 0 aliphatic heterocycles. The van der Waals surface area contributed by atoms with Gasteiger partial charge in [0.15, 0.2) is 9.84 Å². The highest BCUT2D eigenvalue weighted by Gasteiger charge is 2.26. The minimum Gasteiger partial charge on any atom is -0.480 e. The summed E-state index contributed by atoms with van der Waals surface area (Å²) in [5.41, 5.74) is -0.515. The summed E-state index contributed by atoms with van der Waals surface area (Å²) in [6.45, 7) is 3.31. The Kier molecular flexibility index (Phi) is 4.89. The molecule has 1 rings (SSSR count). The Hall–Kier alpha value is -2.16. The van der Waals surface area contributed by atoms with Crippen molar-refractivity contribution in [3.8, 4) is 0 Å². The van der Waals surface area contributed by atoms with Crippen LogP contribution in [0.4, 0.5) is 11.4 Å². The molecule has 1 aromatic carbocycles. The van der Waals surface area contributed by atoms with Crippen LogP contribution in [0.3, 0.4) is 0 Å². The van der Waals surface area contributed by atoms with E-state index in [0.29, 0.717) is 0 Å². The molecule has 0 fully saturated rings. The molecule has 8 nitrogen and oxygen atoms in total. The molecule has 0 unspecified atom stereocenters. The Morgan fingerprint density at radius 2 is 1.95 bits per heavy atom. The smallest absolute Gasteiger partial charge is 0.326 e. The number of anilines is 1. The molecule has 0 saturated carbocycles. The first-order valence-corrected chi connectivity index (χ1v) is 7.91. The Morgan fingerprint density at radius 3 is 2.33 bits per heavy atom. The number of hydrogen-bond acceptors (Lipinski definition) is 6. The Morgan fingerprint density at radius 1 is 1.38 bits per heavy atom. The second-order valence-electron chi connectivity index (χ2n) is 4.91. The van der Waals surface area contributed by atoms with Gasteiger partial charge in [0.2, 0.25) is 0 Å². The van der Waals surface area contributed by atoms with E-state index < -0.39 is 32.5 Å². The van der Waals surface area contributed by atoms with Crippen molar-refractivity contribution < 1.29 is 23.2 Å². The average Bonchev–Trinajstić information content (AvgIpc) is 2.33. The molecule has 0 heterocycles. The summed E-state index contributed by atoms with van der Waals surface area (Å²) in [6.07, 6.45) is 0.938. The third kappa shape index (κ3) is 4.15. The van der Waals surface area contributed by atoms with E-state index in [2.05, 4.69) is 5.32 Å². The molecular formula is C12H16N2O6S. The van der Waals surface area contributed by atoms with E-state index in [1.807, 2.05) is 0 Å². The molecule has 1 atom stereocenters. The van der Waals surface area contributed by atoms with Crippen molar-refractivity contribution in [2.75, 3.05) is 11.6 Å². The second-order valence-corrected chi connectivity index (χ2v) is 6.93. The first-order valence-electron chi connectivity index (χ1n) is 6.02. The van der Waals surface area contributed by atoms with Gasteiger partial charge >= 0.3 is 5.97 Å². The van der Waals surface area contributed by atoms with Crippen LogP contribution in [0, 0.1) is 16.0 Å². The van der Waals surface area contributed by atoms with Gasteiger partial charge in [-0.05, 0) is 18.1 Å². The van der Waals surface area contributed by atoms with Crippen molar-refractivity contribution in [1.82, 2.24) is 0 Å². The molecule has 0 aromatic heterocycles. The number of hydrogen-bond donors (Lipinski definition) is 2. The predicted molar refractivity (Wildman–Crippen MR) is 76.1 cm³/mol. The van der Waals surface area contributed by atoms with Crippen molar-refractivity contribution in [3.63, 3.8) is 0 Å². The number of carbonyl (C=O) groups is 1. The largest absolute Gasteiger partial charge is 0.480 e. The zero-order chi connectivity index (χ0) is 16.4. The fourth-order valence-corrected chi connectivity index (χ4v) is 2.34. The molecule has 0 aliphatic carbocycles. The van der Waals surface area contributed by atoms with Gasteiger partial charge in [-0.25, -0.2) is 13.2 Å². The van der Waals surface area contributed by atoms with Crippen molar-refractivity contribution in [2.24, 2.45) is 5.92 Å². The molecule has 0 aliphatic rings. The number of sulfone groups is 1. The fraction of sp³-hybridized carbons (Fsp3) is 0.417. The van der Waals surface area contributed by atoms with Crippen molar-refractivity contribution in [1.29, 1.82) is 0 Å². The lowest BCUT2D eigenvalue weighted by Gasteiger charge is -2.19. The summed E-state index contributed by atoms with van der Waals surface area (Å²) < 4.78 is 22.8. The van der Waals surface area contributed by atoms with E-state index in [9.17, 15) is 23.3 Å². The van der Waals surface area contributed by atoms with Crippen LogP contribution in [0.2, 0.25) is 0 Å². The van der Waals surface area contributed by atoms with Crippen LogP contribution in [-0.2, 0) is 14.6 Å². The van der Waals surface area contributed by atoms with E-state index in [1.54, 1.807) is 13.8 Å². The quantitative estimate of drug-likeness (QED) is 0.601. The van der Waals surface area contributed by atoms with Crippen molar-refractivity contribution in [3.05, 3.63) is 28.3 Å². The molecule has 2 N–H and O–H groups in total. The number of rotatable bonds is 6. The minimum absolute atomic E-state index is 0.0338. The van der Waals surface area contributed by atoms with Crippen molar-refractivity contribution >= 4 is 27.2 Å². The number of carboxylic acid groups (broad SMARTS) is 1. The number of carboxylic acids is 1. The summed E-state index contributed by atoms with van der Waals surface area (Å²) in [4.78, 5) is 21.2. The number of nitro benzene ring substituents is 1. The maximum absolute atomic E-state index is 11.4. The molecule has 21 heavy (non-hydrogen) atoms. The van der Waals surface area contributed by atoms with Gasteiger partial charge in [0.1, 0.15) is 11.7 Å². The van der Waals surface area contributed by atoms with Gasteiger partial charge in [-0.15, -0.1) is 0 Å².